The number of rotatable bonds is 4. The molecule has 23 heavy (non-hydrogen) atoms. The maximum atomic E-state index is 12.3. The number of nitrogens with zero attached hydrogens (tertiary/aromatic N) is 1. The van der Waals surface area contributed by atoms with Crippen molar-refractivity contribution in [3.8, 4) is 11.8 Å². The van der Waals surface area contributed by atoms with Gasteiger partial charge in [0.2, 0.25) is 11.8 Å². The summed E-state index contributed by atoms with van der Waals surface area (Å²) in [6, 6.07) is -0.875. The second-order valence-corrected chi connectivity index (χ2v) is 5.22. The van der Waals surface area contributed by atoms with Crippen LogP contribution in [0, 0.1) is 11.8 Å². The number of ether oxygens (including phenoxy) is 1. The highest BCUT2D eigenvalue weighted by atomic mass is 16.5. The maximum absolute atomic E-state index is 12.3. The van der Waals surface area contributed by atoms with Gasteiger partial charge in [-0.2, -0.15) is 0 Å². The summed E-state index contributed by atoms with van der Waals surface area (Å²) >= 11 is 0. The van der Waals surface area contributed by atoms with Crippen LogP contribution in [0.1, 0.15) is 33.1 Å². The molecule has 1 rings (SSSR count). The number of carbonyl (C=O) groups excluding carboxylic acids is 3. The van der Waals surface area contributed by atoms with E-state index in [0.29, 0.717) is 6.42 Å². The number of amides is 3. The standard InChI is InChI=1S/C16H22N2O5/c1-4-5-9-16(2,10-6-11-19)18(15(22)23-3)12-7-8-13(20)17-14(12)21/h5,9,12,19H,4,7-8,11H2,1-3H3,(H,17,20,21)/b9-5-. The molecule has 0 saturated carbocycles. The van der Waals surface area contributed by atoms with Gasteiger partial charge in [-0.15, -0.1) is 0 Å². The van der Waals surface area contributed by atoms with E-state index in [1.54, 1.807) is 13.0 Å². The van der Waals surface area contributed by atoms with Crippen molar-refractivity contribution in [1.29, 1.82) is 0 Å². The van der Waals surface area contributed by atoms with Crippen molar-refractivity contribution in [3.63, 3.8) is 0 Å². The molecule has 7 nitrogen and oxygen atoms in total. The number of aliphatic hydroxyl groups is 1. The van der Waals surface area contributed by atoms with Gasteiger partial charge < -0.3 is 9.84 Å². The molecule has 3 amide bonds. The van der Waals surface area contributed by atoms with Crippen LogP contribution >= 0.6 is 0 Å². The highest BCUT2D eigenvalue weighted by Gasteiger charge is 2.43. The Labute approximate surface area is 135 Å². The Hall–Kier alpha value is -2.33. The van der Waals surface area contributed by atoms with Crippen LogP contribution in [0.4, 0.5) is 4.79 Å². The molecular formula is C16H22N2O5. The van der Waals surface area contributed by atoms with Crippen molar-refractivity contribution in [3.05, 3.63) is 12.2 Å². The van der Waals surface area contributed by atoms with Gasteiger partial charge in [0.05, 0.1) is 7.11 Å². The van der Waals surface area contributed by atoms with Gasteiger partial charge in [-0.25, -0.2) is 4.79 Å². The molecule has 1 fully saturated rings. The number of nitrogens with one attached hydrogen (secondary N) is 1. The first-order valence-electron chi connectivity index (χ1n) is 7.39. The summed E-state index contributed by atoms with van der Waals surface area (Å²) in [6.07, 6.45) is 3.81. The normalized spacial score (nSPS) is 20.3. The van der Waals surface area contributed by atoms with Crippen molar-refractivity contribution >= 4 is 17.9 Å². The van der Waals surface area contributed by atoms with E-state index in [1.165, 1.54) is 12.0 Å². The lowest BCUT2D eigenvalue weighted by molar-refractivity contribution is -0.138. The van der Waals surface area contributed by atoms with Crippen molar-refractivity contribution in [2.75, 3.05) is 13.7 Å². The summed E-state index contributed by atoms with van der Waals surface area (Å²) in [5.74, 6) is 4.39. The van der Waals surface area contributed by atoms with Gasteiger partial charge in [-0.3, -0.25) is 19.8 Å². The molecular weight excluding hydrogens is 300 g/mol. The number of imide groups is 1. The molecule has 0 aromatic rings. The quantitative estimate of drug-likeness (QED) is 0.448. The van der Waals surface area contributed by atoms with E-state index in [1.807, 2.05) is 13.0 Å². The van der Waals surface area contributed by atoms with Crippen LogP contribution in [0.5, 0.6) is 0 Å². The van der Waals surface area contributed by atoms with E-state index in [0.717, 1.165) is 0 Å². The number of carbonyl (C=O) groups is 3. The van der Waals surface area contributed by atoms with Gasteiger partial charge in [0.25, 0.3) is 0 Å². The number of hydrogen-bond acceptors (Lipinski definition) is 5. The SMILES string of the molecule is CC/C=C\C(C)(C#CCO)N(C(=O)OC)C1CCC(=O)NC1=O. The largest absolute Gasteiger partial charge is 0.453 e. The first-order valence-corrected chi connectivity index (χ1v) is 7.39. The summed E-state index contributed by atoms with van der Waals surface area (Å²) in [5, 5.41) is 11.2. The molecule has 1 aliphatic heterocycles. The molecule has 0 spiro atoms. The number of allylic oxidation sites excluding steroid dienone is 1. The second kappa shape index (κ2) is 8.34. The molecule has 0 radical (unpaired) electrons. The highest BCUT2D eigenvalue weighted by Crippen LogP contribution is 2.25. The molecule has 1 heterocycles. The van der Waals surface area contributed by atoms with Crippen LogP contribution in [0.25, 0.3) is 0 Å². The zero-order chi connectivity index (χ0) is 17.5. The van der Waals surface area contributed by atoms with E-state index in [-0.39, 0.29) is 25.4 Å². The Balaban J connectivity index is 3.30. The fourth-order valence-electron chi connectivity index (χ4n) is 2.42. The Morgan fingerprint density at radius 3 is 2.78 bits per heavy atom. The third kappa shape index (κ3) is 4.57. The summed E-state index contributed by atoms with van der Waals surface area (Å²) in [5.41, 5.74) is -1.14. The molecule has 2 atom stereocenters. The lowest BCUT2D eigenvalue weighted by atomic mass is 9.94. The predicted molar refractivity (Wildman–Crippen MR) is 83.1 cm³/mol. The Bertz CT molecular complexity index is 561. The summed E-state index contributed by atoms with van der Waals surface area (Å²) < 4.78 is 4.80. The van der Waals surface area contributed by atoms with Crippen molar-refractivity contribution in [2.45, 2.75) is 44.7 Å². The third-order valence-electron chi connectivity index (χ3n) is 3.49. The van der Waals surface area contributed by atoms with Crippen LogP contribution in [0.2, 0.25) is 0 Å². The van der Waals surface area contributed by atoms with Crippen molar-refractivity contribution in [1.82, 2.24) is 10.2 Å². The Kier molecular flexibility index (Phi) is 6.79. The third-order valence-corrected chi connectivity index (χ3v) is 3.49. The second-order valence-electron chi connectivity index (χ2n) is 5.22. The van der Waals surface area contributed by atoms with Gasteiger partial charge in [0, 0.05) is 6.42 Å². The van der Waals surface area contributed by atoms with Crippen LogP contribution in [0.15, 0.2) is 12.2 Å². The summed E-state index contributed by atoms with van der Waals surface area (Å²) in [4.78, 5) is 37.0. The summed E-state index contributed by atoms with van der Waals surface area (Å²) in [7, 11) is 1.21. The zero-order valence-electron chi connectivity index (χ0n) is 13.6. The number of aliphatic hydroxyl groups excluding tert-OH is 1. The van der Waals surface area contributed by atoms with Gasteiger partial charge in [-0.05, 0) is 19.8 Å². The average Bonchev–Trinajstić information content (AvgIpc) is 2.53. The minimum absolute atomic E-state index is 0.130. The lowest BCUT2D eigenvalue weighted by Crippen LogP contribution is -2.60. The molecule has 0 aromatic heterocycles. The van der Waals surface area contributed by atoms with Crippen molar-refractivity contribution in [2.24, 2.45) is 0 Å². The molecule has 0 aromatic carbocycles. The monoisotopic (exact) mass is 322 g/mol. The molecule has 7 heteroatoms. The minimum Gasteiger partial charge on any atom is -0.453 e. The molecule has 126 valence electrons. The Morgan fingerprint density at radius 2 is 2.26 bits per heavy atom. The zero-order valence-corrected chi connectivity index (χ0v) is 13.6. The fraction of sp³-hybridized carbons (Fsp3) is 0.562. The first kappa shape index (κ1) is 18.7. The van der Waals surface area contributed by atoms with E-state index < -0.39 is 23.6 Å². The van der Waals surface area contributed by atoms with Gasteiger partial charge in [0.1, 0.15) is 18.2 Å². The first-order chi connectivity index (χ1) is 10.9. The van der Waals surface area contributed by atoms with E-state index in [2.05, 4.69) is 17.2 Å². The highest BCUT2D eigenvalue weighted by molar-refractivity contribution is 6.01. The molecule has 1 aliphatic rings. The predicted octanol–water partition coefficient (Wildman–Crippen LogP) is 0.581. The van der Waals surface area contributed by atoms with Gasteiger partial charge in [0.15, 0.2) is 0 Å². The maximum Gasteiger partial charge on any atom is 0.411 e. The van der Waals surface area contributed by atoms with E-state index >= 15 is 0 Å². The fourth-order valence-corrected chi connectivity index (χ4v) is 2.42. The van der Waals surface area contributed by atoms with Gasteiger partial charge >= 0.3 is 6.09 Å². The van der Waals surface area contributed by atoms with Crippen LogP contribution in [-0.2, 0) is 14.3 Å². The molecule has 1 saturated heterocycles. The topological polar surface area (TPSA) is 95.9 Å². The number of methoxy groups -OCH3 is 1. The number of piperidine rings is 1. The minimum atomic E-state index is -1.14. The Morgan fingerprint density at radius 1 is 1.57 bits per heavy atom. The van der Waals surface area contributed by atoms with Crippen LogP contribution in [-0.4, -0.2) is 53.2 Å². The smallest absolute Gasteiger partial charge is 0.411 e. The van der Waals surface area contributed by atoms with Crippen molar-refractivity contribution < 1.29 is 24.2 Å². The summed E-state index contributed by atoms with van der Waals surface area (Å²) in [6.45, 7) is 3.20. The molecule has 0 bridgehead atoms. The van der Waals surface area contributed by atoms with E-state index in [4.69, 9.17) is 9.84 Å². The molecule has 0 aliphatic carbocycles. The number of hydrogen-bond donors (Lipinski definition) is 2. The average molecular weight is 322 g/mol. The van der Waals surface area contributed by atoms with E-state index in [9.17, 15) is 14.4 Å². The van der Waals surface area contributed by atoms with Crippen LogP contribution < -0.4 is 5.32 Å². The molecule has 2 N–H and O–H groups in total. The van der Waals surface area contributed by atoms with Gasteiger partial charge in [-0.1, -0.05) is 30.9 Å². The van der Waals surface area contributed by atoms with Crippen LogP contribution in [0.3, 0.4) is 0 Å². The molecule has 2 unspecified atom stereocenters. The lowest BCUT2D eigenvalue weighted by Gasteiger charge is -2.40.